The number of anilines is 1. The van der Waals surface area contributed by atoms with E-state index in [4.69, 9.17) is 14.2 Å². The van der Waals surface area contributed by atoms with Gasteiger partial charge >= 0.3 is 11.5 Å². The van der Waals surface area contributed by atoms with Crippen molar-refractivity contribution in [2.24, 2.45) is 0 Å². The van der Waals surface area contributed by atoms with Gasteiger partial charge in [-0.1, -0.05) is 36.9 Å². The molecule has 0 unspecified atom stereocenters. The standard InChI is InChI=1S/C24H25N3O5/c1-16(2)19-13-18(26-9-11-31-12-10-26)14-27-22(19)25-20(24(29)30-3)21(23(27)28)32-15-17-7-5-4-6-8-17/h4-8,13-14H,1,9-12,15H2,2-3H3. The molecule has 1 aromatic carbocycles. The molecule has 4 rings (SSSR count). The van der Waals surface area contributed by atoms with E-state index in [1.54, 1.807) is 6.20 Å². The molecule has 0 saturated carbocycles. The summed E-state index contributed by atoms with van der Waals surface area (Å²) in [5.74, 6) is -0.887. The normalized spacial score (nSPS) is 13.8. The van der Waals surface area contributed by atoms with E-state index in [0.29, 0.717) is 37.5 Å². The summed E-state index contributed by atoms with van der Waals surface area (Å²) in [5.41, 5.74) is 2.79. The lowest BCUT2D eigenvalue weighted by Crippen LogP contribution is -2.36. The van der Waals surface area contributed by atoms with Crippen LogP contribution in [0, 0.1) is 0 Å². The van der Waals surface area contributed by atoms with Crippen molar-refractivity contribution in [3.8, 4) is 5.75 Å². The van der Waals surface area contributed by atoms with E-state index in [2.05, 4.69) is 16.5 Å². The monoisotopic (exact) mass is 435 g/mol. The number of fused-ring (bicyclic) bond motifs is 1. The van der Waals surface area contributed by atoms with Crippen LogP contribution >= 0.6 is 0 Å². The van der Waals surface area contributed by atoms with Gasteiger partial charge in [0.25, 0.3) is 0 Å². The van der Waals surface area contributed by atoms with Crippen molar-refractivity contribution in [3.05, 3.63) is 76.3 Å². The summed E-state index contributed by atoms with van der Waals surface area (Å²) < 4.78 is 17.6. The summed E-state index contributed by atoms with van der Waals surface area (Å²) in [6, 6.07) is 11.3. The molecule has 0 bridgehead atoms. The van der Waals surface area contributed by atoms with Gasteiger partial charge in [0.2, 0.25) is 5.75 Å². The smallest absolute Gasteiger partial charge is 0.360 e. The zero-order chi connectivity index (χ0) is 22.7. The summed E-state index contributed by atoms with van der Waals surface area (Å²) in [6.07, 6.45) is 1.72. The third kappa shape index (κ3) is 4.22. The molecule has 1 saturated heterocycles. The number of carbonyl (C=O) groups excluding carboxylic acids is 1. The lowest BCUT2D eigenvalue weighted by atomic mass is 10.1. The average molecular weight is 435 g/mol. The van der Waals surface area contributed by atoms with Crippen molar-refractivity contribution < 1.29 is 19.0 Å². The Labute approximate surface area is 185 Å². The second-order valence-corrected chi connectivity index (χ2v) is 7.55. The van der Waals surface area contributed by atoms with Gasteiger partial charge in [0, 0.05) is 24.8 Å². The van der Waals surface area contributed by atoms with Gasteiger partial charge < -0.3 is 19.1 Å². The molecule has 8 heteroatoms. The fourth-order valence-corrected chi connectivity index (χ4v) is 3.61. The first-order valence-electron chi connectivity index (χ1n) is 10.3. The molecule has 3 heterocycles. The number of carbonyl (C=O) groups is 1. The highest BCUT2D eigenvalue weighted by Gasteiger charge is 2.24. The molecule has 0 aliphatic carbocycles. The van der Waals surface area contributed by atoms with Gasteiger partial charge in [-0.3, -0.25) is 9.20 Å². The first kappa shape index (κ1) is 21.6. The molecule has 32 heavy (non-hydrogen) atoms. The Morgan fingerprint density at radius 1 is 1.22 bits per heavy atom. The minimum Gasteiger partial charge on any atom is -0.481 e. The number of allylic oxidation sites excluding steroid dienone is 1. The van der Waals surface area contributed by atoms with E-state index in [1.807, 2.05) is 43.3 Å². The van der Waals surface area contributed by atoms with Gasteiger partial charge in [0.05, 0.1) is 26.0 Å². The van der Waals surface area contributed by atoms with Crippen molar-refractivity contribution in [2.75, 3.05) is 38.3 Å². The molecule has 1 fully saturated rings. The highest BCUT2D eigenvalue weighted by atomic mass is 16.5. The third-order valence-electron chi connectivity index (χ3n) is 5.31. The second kappa shape index (κ2) is 9.23. The molecule has 166 valence electrons. The Morgan fingerprint density at radius 2 is 1.94 bits per heavy atom. The number of ether oxygens (including phenoxy) is 3. The van der Waals surface area contributed by atoms with Gasteiger partial charge in [0.15, 0.2) is 5.69 Å². The quantitative estimate of drug-likeness (QED) is 0.551. The SMILES string of the molecule is C=C(C)c1cc(N2CCOCC2)cn2c(=O)c(OCc3ccccc3)c(C(=O)OC)nc12. The fourth-order valence-electron chi connectivity index (χ4n) is 3.61. The molecule has 3 aromatic rings. The maximum atomic E-state index is 13.5. The summed E-state index contributed by atoms with van der Waals surface area (Å²) in [7, 11) is 1.24. The number of methoxy groups -OCH3 is 1. The number of rotatable bonds is 6. The van der Waals surface area contributed by atoms with Crippen molar-refractivity contribution in [1.82, 2.24) is 9.38 Å². The summed E-state index contributed by atoms with van der Waals surface area (Å²) in [6.45, 7) is 8.63. The van der Waals surface area contributed by atoms with Gasteiger partial charge in [-0.15, -0.1) is 0 Å². The third-order valence-corrected chi connectivity index (χ3v) is 5.31. The lowest BCUT2D eigenvalue weighted by molar-refractivity contribution is 0.0588. The van der Waals surface area contributed by atoms with Crippen LogP contribution in [0.15, 0.2) is 54.0 Å². The van der Waals surface area contributed by atoms with Crippen LogP contribution < -0.4 is 15.2 Å². The van der Waals surface area contributed by atoms with E-state index in [1.165, 1.54) is 11.5 Å². The minimum absolute atomic E-state index is 0.115. The number of pyridine rings is 1. The summed E-state index contributed by atoms with van der Waals surface area (Å²) >= 11 is 0. The maximum absolute atomic E-state index is 13.5. The Bertz CT molecular complexity index is 1210. The van der Waals surface area contributed by atoms with Crippen LogP contribution in [0.4, 0.5) is 5.69 Å². The van der Waals surface area contributed by atoms with Crippen molar-refractivity contribution >= 4 is 22.9 Å². The van der Waals surface area contributed by atoms with Gasteiger partial charge in [-0.05, 0) is 24.1 Å². The predicted molar refractivity (Wildman–Crippen MR) is 121 cm³/mol. The number of nitrogens with zero attached hydrogens (tertiary/aromatic N) is 3. The average Bonchev–Trinajstić information content (AvgIpc) is 2.83. The van der Waals surface area contributed by atoms with Crippen LogP contribution in [0.25, 0.3) is 11.2 Å². The maximum Gasteiger partial charge on any atom is 0.360 e. The highest BCUT2D eigenvalue weighted by molar-refractivity contribution is 5.91. The van der Waals surface area contributed by atoms with Crippen molar-refractivity contribution in [2.45, 2.75) is 13.5 Å². The fraction of sp³-hybridized carbons (Fsp3) is 0.292. The van der Waals surface area contributed by atoms with Gasteiger partial charge in [0.1, 0.15) is 12.3 Å². The van der Waals surface area contributed by atoms with Gasteiger partial charge in [-0.25, -0.2) is 9.78 Å². The molecule has 8 nitrogen and oxygen atoms in total. The summed E-state index contributed by atoms with van der Waals surface area (Å²) in [4.78, 5) is 32.6. The topological polar surface area (TPSA) is 82.4 Å². The van der Waals surface area contributed by atoms with Crippen molar-refractivity contribution in [1.29, 1.82) is 0 Å². The molecule has 0 atom stereocenters. The Balaban J connectivity index is 1.88. The first-order chi connectivity index (χ1) is 15.5. The molecule has 0 N–H and O–H groups in total. The van der Waals surface area contributed by atoms with E-state index in [0.717, 1.165) is 16.8 Å². The lowest BCUT2D eigenvalue weighted by Gasteiger charge is -2.29. The number of benzene rings is 1. The zero-order valence-electron chi connectivity index (χ0n) is 18.2. The number of morpholine rings is 1. The van der Waals surface area contributed by atoms with Crippen LogP contribution in [0.2, 0.25) is 0 Å². The molecule has 0 radical (unpaired) electrons. The Morgan fingerprint density at radius 3 is 2.59 bits per heavy atom. The van der Waals surface area contributed by atoms with E-state index in [-0.39, 0.29) is 18.1 Å². The molecular formula is C24H25N3O5. The predicted octanol–water partition coefficient (Wildman–Crippen LogP) is 2.93. The Hall–Kier alpha value is -3.65. The molecule has 1 aliphatic heterocycles. The van der Waals surface area contributed by atoms with Gasteiger partial charge in [-0.2, -0.15) is 0 Å². The largest absolute Gasteiger partial charge is 0.481 e. The highest BCUT2D eigenvalue weighted by Crippen LogP contribution is 2.26. The first-order valence-corrected chi connectivity index (χ1v) is 10.3. The molecule has 0 spiro atoms. The number of hydrogen-bond acceptors (Lipinski definition) is 7. The van der Waals surface area contributed by atoms with Crippen LogP contribution in [0.1, 0.15) is 28.5 Å². The number of hydrogen-bond donors (Lipinski definition) is 0. The zero-order valence-corrected chi connectivity index (χ0v) is 18.2. The van der Waals surface area contributed by atoms with Crippen molar-refractivity contribution in [3.63, 3.8) is 0 Å². The number of aromatic nitrogens is 2. The number of esters is 1. The molecule has 1 aliphatic rings. The minimum atomic E-state index is -0.738. The molecule has 2 aromatic heterocycles. The molecular weight excluding hydrogens is 410 g/mol. The van der Waals surface area contributed by atoms with Crippen LogP contribution in [0.3, 0.4) is 0 Å². The second-order valence-electron chi connectivity index (χ2n) is 7.55. The Kier molecular flexibility index (Phi) is 6.23. The van der Waals surface area contributed by atoms with E-state index in [9.17, 15) is 9.59 Å². The van der Waals surface area contributed by atoms with Crippen LogP contribution in [-0.4, -0.2) is 48.8 Å². The van der Waals surface area contributed by atoms with Crippen LogP contribution in [0.5, 0.6) is 5.75 Å². The summed E-state index contributed by atoms with van der Waals surface area (Å²) in [5, 5.41) is 0. The molecule has 0 amide bonds. The van der Waals surface area contributed by atoms with E-state index >= 15 is 0 Å². The van der Waals surface area contributed by atoms with Crippen LogP contribution in [-0.2, 0) is 16.1 Å². The van der Waals surface area contributed by atoms with E-state index < -0.39 is 11.5 Å².